The van der Waals surface area contributed by atoms with E-state index in [1.165, 1.54) is 6.07 Å². The Labute approximate surface area is 331 Å². The van der Waals surface area contributed by atoms with Gasteiger partial charge in [-0.1, -0.05) is 115 Å². The summed E-state index contributed by atoms with van der Waals surface area (Å²) >= 11 is 1.64. The molecule has 8 aromatic carbocycles. The smallest absolute Gasteiger partial charge is 0.374 e. The lowest BCUT2D eigenvalue weighted by Gasteiger charge is -2.30. The summed E-state index contributed by atoms with van der Waals surface area (Å²) in [5, 5.41) is 4.36. The van der Waals surface area contributed by atoms with E-state index in [4.69, 9.17) is 4.18 Å². The number of rotatable bonds is 9. The number of benzene rings is 8. The van der Waals surface area contributed by atoms with E-state index in [-0.39, 0.29) is 5.69 Å². The molecule has 1 aromatic heterocycles. The Morgan fingerprint density at radius 1 is 0.474 bits per heavy atom. The average molecular weight is 793 g/mol. The third kappa shape index (κ3) is 6.83. The molecule has 0 bridgehead atoms. The number of alkyl halides is 3. The van der Waals surface area contributed by atoms with Crippen LogP contribution in [-0.4, -0.2) is 13.9 Å². The number of anilines is 6. The van der Waals surface area contributed by atoms with Crippen molar-refractivity contribution < 1.29 is 25.8 Å². The number of hydrogen-bond donors (Lipinski definition) is 0. The van der Waals surface area contributed by atoms with Gasteiger partial charge in [0.05, 0.1) is 11.4 Å². The molecule has 0 atom stereocenters. The van der Waals surface area contributed by atoms with Crippen molar-refractivity contribution in [2.75, 3.05) is 9.80 Å². The molecule has 1 heterocycles. The number of nitrogens with zero attached hydrogens (tertiary/aromatic N) is 2. The van der Waals surface area contributed by atoms with E-state index in [0.29, 0.717) is 22.7 Å². The van der Waals surface area contributed by atoms with E-state index >= 15 is 0 Å². The highest BCUT2D eigenvalue weighted by Gasteiger charge is 2.49. The van der Waals surface area contributed by atoms with Crippen LogP contribution in [0.4, 0.5) is 47.3 Å². The minimum absolute atomic E-state index is 0.0867. The maximum Gasteiger partial charge on any atom is 0.534 e. The zero-order valence-electron chi connectivity index (χ0n) is 30.0. The maximum atomic E-state index is 14.1. The molecule has 280 valence electrons. The second-order valence-corrected chi connectivity index (χ2v) is 16.0. The summed E-state index contributed by atoms with van der Waals surface area (Å²) in [4.78, 5) is 3.56. The molecule has 0 radical (unpaired) electrons. The van der Waals surface area contributed by atoms with E-state index in [0.717, 1.165) is 47.8 Å². The van der Waals surface area contributed by atoms with Crippen LogP contribution in [0.1, 0.15) is 0 Å². The van der Waals surface area contributed by atoms with Crippen molar-refractivity contribution in [3.05, 3.63) is 188 Å². The van der Waals surface area contributed by atoms with Crippen LogP contribution in [-0.2, 0) is 10.1 Å². The van der Waals surface area contributed by atoms with Gasteiger partial charge in [0, 0.05) is 49.0 Å². The normalized spacial score (nSPS) is 11.9. The predicted octanol–water partition coefficient (Wildman–Crippen LogP) is 14.0. The van der Waals surface area contributed by atoms with Gasteiger partial charge in [0.15, 0.2) is 5.75 Å². The van der Waals surface area contributed by atoms with E-state index in [1.54, 1.807) is 52.6 Å². The lowest BCUT2D eigenvalue weighted by atomic mass is 9.98. The summed E-state index contributed by atoms with van der Waals surface area (Å²) in [6, 6.07) is 58.9. The Morgan fingerprint density at radius 2 is 1.02 bits per heavy atom. The van der Waals surface area contributed by atoms with Crippen LogP contribution >= 0.6 is 11.3 Å². The first kappa shape index (κ1) is 36.0. The molecular weight excluding hydrogens is 762 g/mol. The molecule has 10 heteroatoms. The summed E-state index contributed by atoms with van der Waals surface area (Å²) in [6.45, 7) is 0. The quantitative estimate of drug-likeness (QED) is 0.108. The fraction of sp³-hybridized carbons (Fsp3) is 0.0213. The molecule has 0 aliphatic carbocycles. The van der Waals surface area contributed by atoms with Gasteiger partial charge in [0.1, 0.15) is 0 Å². The second-order valence-electron chi connectivity index (χ2n) is 13.3. The van der Waals surface area contributed by atoms with Gasteiger partial charge < -0.3 is 14.0 Å². The Hall–Kier alpha value is -6.62. The van der Waals surface area contributed by atoms with Crippen molar-refractivity contribution in [3.63, 3.8) is 0 Å². The summed E-state index contributed by atoms with van der Waals surface area (Å²) in [5.41, 5.74) is -0.672. The molecule has 0 unspecified atom stereocenters. The second kappa shape index (κ2) is 14.5. The number of fused-ring (bicyclic) bond motifs is 4. The van der Waals surface area contributed by atoms with Gasteiger partial charge in [-0.15, -0.1) is 11.3 Å². The fourth-order valence-corrected chi connectivity index (χ4v) is 8.81. The first-order valence-corrected chi connectivity index (χ1v) is 20.2. The monoisotopic (exact) mass is 792 g/mol. The lowest BCUT2D eigenvalue weighted by molar-refractivity contribution is -0.0499. The van der Waals surface area contributed by atoms with Gasteiger partial charge in [-0.25, -0.2) is 0 Å². The van der Waals surface area contributed by atoms with Crippen LogP contribution in [0.25, 0.3) is 42.1 Å². The molecule has 0 N–H and O–H groups in total. The molecular formula is C47H31F3N2O3S2. The lowest BCUT2D eigenvalue weighted by Crippen LogP contribution is -2.28. The molecule has 5 nitrogen and oxygen atoms in total. The molecule has 57 heavy (non-hydrogen) atoms. The minimum atomic E-state index is -6.09. The fourth-order valence-electron chi connectivity index (χ4n) is 7.21. The topological polar surface area (TPSA) is 49.9 Å². The largest absolute Gasteiger partial charge is 0.534 e. The average Bonchev–Trinajstić information content (AvgIpc) is 3.60. The highest BCUT2D eigenvalue weighted by atomic mass is 32.2. The standard InChI is InChI=1S/C47H31F3N2O3S2/c48-47(49,50)57(53,54)55-44-30-37(51(34-14-3-1-4-15-34)38-26-28-42-41-19-9-10-21-45(41)56-46(42)31-38)27-29-43(44)52(35-16-5-2-6-17-35)36-24-22-33(23-25-36)40-20-11-13-32-12-7-8-18-39(32)40/h1-31H. The van der Waals surface area contributed by atoms with Gasteiger partial charge in [0.25, 0.3) is 0 Å². The van der Waals surface area contributed by atoms with Gasteiger partial charge in [-0.3, -0.25) is 0 Å². The van der Waals surface area contributed by atoms with Gasteiger partial charge >= 0.3 is 15.6 Å². The van der Waals surface area contributed by atoms with Gasteiger partial charge in [-0.2, -0.15) is 21.6 Å². The van der Waals surface area contributed by atoms with E-state index < -0.39 is 21.4 Å². The maximum absolute atomic E-state index is 14.1. The Bertz CT molecular complexity index is 3000. The molecule has 9 aromatic rings. The van der Waals surface area contributed by atoms with Crippen molar-refractivity contribution >= 4 is 86.5 Å². The molecule has 0 saturated carbocycles. The van der Waals surface area contributed by atoms with Crippen molar-refractivity contribution in [2.24, 2.45) is 0 Å². The SMILES string of the molecule is O=S(=O)(Oc1cc(N(c2ccccc2)c2ccc3c(c2)sc2ccccc23)ccc1N(c1ccccc1)c1ccc(-c2cccc3ccccc23)cc1)C(F)(F)F. The van der Waals surface area contributed by atoms with Crippen LogP contribution in [0.15, 0.2) is 188 Å². The summed E-state index contributed by atoms with van der Waals surface area (Å²) in [5.74, 6) is -0.504. The third-order valence-corrected chi connectivity index (χ3v) is 11.9. The molecule has 0 aliphatic heterocycles. The Kier molecular flexibility index (Phi) is 9.15. The van der Waals surface area contributed by atoms with Crippen molar-refractivity contribution in [2.45, 2.75) is 5.51 Å². The van der Waals surface area contributed by atoms with Crippen molar-refractivity contribution in [1.82, 2.24) is 0 Å². The molecule has 0 aliphatic rings. The molecule has 0 fully saturated rings. The van der Waals surface area contributed by atoms with Crippen molar-refractivity contribution in [3.8, 4) is 16.9 Å². The first-order chi connectivity index (χ1) is 27.6. The highest BCUT2D eigenvalue weighted by Crippen LogP contribution is 2.47. The number of para-hydroxylation sites is 2. The molecule has 0 amide bonds. The Balaban J connectivity index is 1.21. The zero-order chi connectivity index (χ0) is 39.1. The number of thiophene rings is 1. The van der Waals surface area contributed by atoms with Crippen LogP contribution in [0.3, 0.4) is 0 Å². The van der Waals surface area contributed by atoms with Crippen molar-refractivity contribution in [1.29, 1.82) is 0 Å². The summed E-state index contributed by atoms with van der Waals surface area (Å²) in [7, 11) is -6.09. The van der Waals surface area contributed by atoms with Crippen LogP contribution in [0, 0.1) is 0 Å². The number of hydrogen-bond acceptors (Lipinski definition) is 6. The number of halogens is 3. The highest BCUT2D eigenvalue weighted by molar-refractivity contribution is 7.88. The Morgan fingerprint density at radius 3 is 1.74 bits per heavy atom. The van der Waals surface area contributed by atoms with E-state index in [1.807, 2.05) is 132 Å². The molecule has 0 spiro atoms. The summed E-state index contributed by atoms with van der Waals surface area (Å²) in [6.07, 6.45) is 0. The van der Waals surface area contributed by atoms with Crippen LogP contribution in [0.2, 0.25) is 0 Å². The van der Waals surface area contributed by atoms with Gasteiger partial charge in [0.2, 0.25) is 0 Å². The van der Waals surface area contributed by atoms with E-state index in [9.17, 15) is 21.6 Å². The first-order valence-electron chi connectivity index (χ1n) is 18.0. The summed E-state index contributed by atoms with van der Waals surface area (Å²) < 4.78 is 75.3. The third-order valence-electron chi connectivity index (χ3n) is 9.80. The molecule has 9 rings (SSSR count). The van der Waals surface area contributed by atoms with Gasteiger partial charge in [-0.05, 0) is 88.6 Å². The van der Waals surface area contributed by atoms with Crippen LogP contribution < -0.4 is 14.0 Å². The van der Waals surface area contributed by atoms with E-state index in [2.05, 4.69) is 18.2 Å². The predicted molar refractivity (Wildman–Crippen MR) is 227 cm³/mol. The minimum Gasteiger partial charge on any atom is -0.374 e. The van der Waals surface area contributed by atoms with Crippen LogP contribution in [0.5, 0.6) is 5.75 Å². The zero-order valence-corrected chi connectivity index (χ0v) is 31.6. The molecule has 0 saturated heterocycles.